The minimum atomic E-state index is -0.596. The highest BCUT2D eigenvalue weighted by atomic mass is 35.5. The van der Waals surface area contributed by atoms with Crippen LogP contribution in [0.1, 0.15) is 32.6 Å². The summed E-state index contributed by atoms with van der Waals surface area (Å²) in [7, 11) is 0. The van der Waals surface area contributed by atoms with Crippen molar-refractivity contribution in [3.63, 3.8) is 0 Å². The largest absolute Gasteiger partial charge is 0.388 e. The number of anilines is 1. The molecule has 2 N–H and O–H groups in total. The molecule has 0 bridgehead atoms. The van der Waals surface area contributed by atoms with Gasteiger partial charge in [0.2, 0.25) is 0 Å². The van der Waals surface area contributed by atoms with Gasteiger partial charge in [-0.25, -0.2) is 4.98 Å². The Labute approximate surface area is 107 Å². The van der Waals surface area contributed by atoms with E-state index < -0.39 is 5.60 Å². The predicted molar refractivity (Wildman–Crippen MR) is 70.3 cm³/mol. The molecular weight excluding hydrogens is 236 g/mol. The molecule has 0 aliphatic heterocycles. The van der Waals surface area contributed by atoms with Gasteiger partial charge in [0.25, 0.3) is 0 Å². The molecule has 3 nitrogen and oxygen atoms in total. The lowest BCUT2D eigenvalue weighted by Crippen LogP contribution is -2.41. The lowest BCUT2D eigenvalue weighted by molar-refractivity contribution is -0.000825. The summed E-state index contributed by atoms with van der Waals surface area (Å²) in [5.74, 6) is 1.33. The van der Waals surface area contributed by atoms with Gasteiger partial charge in [0.1, 0.15) is 11.0 Å². The Kier molecular flexibility index (Phi) is 3.89. The third-order valence-electron chi connectivity index (χ3n) is 3.38. The monoisotopic (exact) mass is 254 g/mol. The highest BCUT2D eigenvalue weighted by Gasteiger charge is 2.32. The van der Waals surface area contributed by atoms with E-state index in [1.807, 2.05) is 12.1 Å². The summed E-state index contributed by atoms with van der Waals surface area (Å²) >= 11 is 5.81. The quantitative estimate of drug-likeness (QED) is 0.815. The number of nitrogens with zero attached hydrogens (tertiary/aromatic N) is 1. The first-order valence-electron chi connectivity index (χ1n) is 6.16. The second-order valence-electron chi connectivity index (χ2n) is 5.12. The van der Waals surface area contributed by atoms with E-state index >= 15 is 0 Å². The van der Waals surface area contributed by atoms with Gasteiger partial charge in [0.05, 0.1) is 5.60 Å². The van der Waals surface area contributed by atoms with Crippen LogP contribution in [0.25, 0.3) is 0 Å². The van der Waals surface area contributed by atoms with Gasteiger partial charge in [-0.1, -0.05) is 37.4 Å². The van der Waals surface area contributed by atoms with Crippen molar-refractivity contribution in [2.24, 2.45) is 5.92 Å². The molecule has 1 aromatic rings. The Balaban J connectivity index is 1.93. The standard InChI is InChI=1S/C13H19ClN2O/c1-10-4-3-7-13(17,8-10)9-15-12-6-2-5-11(14)16-12/h2,5-6,10,17H,3-4,7-9H2,1H3,(H,15,16). The van der Waals surface area contributed by atoms with Crippen molar-refractivity contribution in [1.29, 1.82) is 0 Å². The van der Waals surface area contributed by atoms with Crippen LogP contribution < -0.4 is 5.32 Å². The molecular formula is C13H19ClN2O. The van der Waals surface area contributed by atoms with E-state index in [0.717, 1.165) is 25.1 Å². The molecule has 2 rings (SSSR count). The Hall–Kier alpha value is -0.800. The van der Waals surface area contributed by atoms with Gasteiger partial charge in [0.15, 0.2) is 0 Å². The van der Waals surface area contributed by atoms with Crippen LogP contribution in [0.5, 0.6) is 0 Å². The highest BCUT2D eigenvalue weighted by Crippen LogP contribution is 2.32. The number of halogens is 1. The Morgan fingerprint density at radius 2 is 2.41 bits per heavy atom. The van der Waals surface area contributed by atoms with Crippen LogP contribution in [0.3, 0.4) is 0 Å². The van der Waals surface area contributed by atoms with Crippen molar-refractivity contribution in [2.45, 2.75) is 38.2 Å². The first kappa shape index (κ1) is 12.7. The lowest BCUT2D eigenvalue weighted by Gasteiger charge is -2.35. The Morgan fingerprint density at radius 1 is 1.59 bits per heavy atom. The number of aliphatic hydroxyl groups is 1. The Morgan fingerprint density at radius 3 is 3.12 bits per heavy atom. The molecule has 1 aromatic heterocycles. The van der Waals surface area contributed by atoms with Crippen LogP contribution in [0.2, 0.25) is 5.15 Å². The minimum Gasteiger partial charge on any atom is -0.388 e. The second kappa shape index (κ2) is 5.23. The van der Waals surface area contributed by atoms with Crippen LogP contribution in [-0.4, -0.2) is 22.2 Å². The average Bonchev–Trinajstić information content (AvgIpc) is 2.26. The molecule has 0 amide bonds. The zero-order chi connectivity index (χ0) is 12.3. The fourth-order valence-corrected chi connectivity index (χ4v) is 2.72. The summed E-state index contributed by atoms with van der Waals surface area (Å²) in [6, 6.07) is 5.46. The molecule has 1 fully saturated rings. The maximum absolute atomic E-state index is 10.4. The van der Waals surface area contributed by atoms with E-state index in [9.17, 15) is 5.11 Å². The van der Waals surface area contributed by atoms with Gasteiger partial charge in [-0.2, -0.15) is 0 Å². The van der Waals surface area contributed by atoms with E-state index in [1.54, 1.807) is 6.07 Å². The number of pyridine rings is 1. The van der Waals surface area contributed by atoms with Gasteiger partial charge < -0.3 is 10.4 Å². The Bertz CT molecular complexity index is 385. The summed E-state index contributed by atoms with van der Waals surface area (Å²) in [5, 5.41) is 14.1. The number of hydrogen-bond donors (Lipinski definition) is 2. The summed E-state index contributed by atoms with van der Waals surface area (Å²) in [6.45, 7) is 2.74. The molecule has 2 unspecified atom stereocenters. The van der Waals surface area contributed by atoms with Crippen LogP contribution >= 0.6 is 11.6 Å². The normalized spacial score (nSPS) is 29.0. The van der Waals surface area contributed by atoms with Gasteiger partial charge in [-0.15, -0.1) is 0 Å². The number of aromatic nitrogens is 1. The molecule has 4 heteroatoms. The highest BCUT2D eigenvalue weighted by molar-refractivity contribution is 6.29. The summed E-state index contributed by atoms with van der Waals surface area (Å²) in [5.41, 5.74) is -0.596. The molecule has 1 aliphatic carbocycles. The smallest absolute Gasteiger partial charge is 0.131 e. The second-order valence-corrected chi connectivity index (χ2v) is 5.51. The molecule has 0 radical (unpaired) electrons. The van der Waals surface area contributed by atoms with E-state index in [-0.39, 0.29) is 0 Å². The van der Waals surface area contributed by atoms with Crippen LogP contribution in [0.4, 0.5) is 5.82 Å². The van der Waals surface area contributed by atoms with Crippen LogP contribution in [0.15, 0.2) is 18.2 Å². The number of rotatable bonds is 3. The third kappa shape index (κ3) is 3.58. The van der Waals surface area contributed by atoms with Gasteiger partial charge in [-0.3, -0.25) is 0 Å². The maximum atomic E-state index is 10.4. The van der Waals surface area contributed by atoms with Gasteiger partial charge in [-0.05, 0) is 30.9 Å². The lowest BCUT2D eigenvalue weighted by atomic mass is 9.79. The molecule has 0 aromatic carbocycles. The van der Waals surface area contributed by atoms with Crippen molar-refractivity contribution in [3.8, 4) is 0 Å². The zero-order valence-corrected chi connectivity index (χ0v) is 10.9. The van der Waals surface area contributed by atoms with Crippen molar-refractivity contribution >= 4 is 17.4 Å². The topological polar surface area (TPSA) is 45.1 Å². The first-order valence-corrected chi connectivity index (χ1v) is 6.54. The van der Waals surface area contributed by atoms with Crippen LogP contribution in [-0.2, 0) is 0 Å². The minimum absolute atomic E-state index is 0.471. The fraction of sp³-hybridized carbons (Fsp3) is 0.615. The fourth-order valence-electron chi connectivity index (χ4n) is 2.55. The third-order valence-corrected chi connectivity index (χ3v) is 3.59. The molecule has 17 heavy (non-hydrogen) atoms. The molecule has 2 atom stereocenters. The number of hydrogen-bond acceptors (Lipinski definition) is 3. The SMILES string of the molecule is CC1CCCC(O)(CNc2cccc(Cl)n2)C1. The average molecular weight is 255 g/mol. The van der Waals surface area contributed by atoms with Crippen molar-refractivity contribution < 1.29 is 5.11 Å². The van der Waals surface area contributed by atoms with Gasteiger partial charge in [0, 0.05) is 6.54 Å². The molecule has 94 valence electrons. The van der Waals surface area contributed by atoms with Crippen molar-refractivity contribution in [1.82, 2.24) is 4.98 Å². The summed E-state index contributed by atoms with van der Waals surface area (Å²) in [6.07, 6.45) is 4.05. The van der Waals surface area contributed by atoms with Crippen LogP contribution in [0, 0.1) is 5.92 Å². The van der Waals surface area contributed by atoms with E-state index in [4.69, 9.17) is 11.6 Å². The first-order chi connectivity index (χ1) is 8.07. The summed E-state index contributed by atoms with van der Waals surface area (Å²) in [4.78, 5) is 4.15. The van der Waals surface area contributed by atoms with E-state index in [1.165, 1.54) is 6.42 Å². The molecule has 1 saturated carbocycles. The molecule has 1 heterocycles. The number of nitrogens with one attached hydrogen (secondary N) is 1. The maximum Gasteiger partial charge on any atom is 0.131 e. The molecule has 0 spiro atoms. The molecule has 1 aliphatic rings. The van der Waals surface area contributed by atoms with Crippen molar-refractivity contribution in [2.75, 3.05) is 11.9 Å². The summed E-state index contributed by atoms with van der Waals surface area (Å²) < 4.78 is 0. The van der Waals surface area contributed by atoms with Gasteiger partial charge >= 0.3 is 0 Å². The zero-order valence-electron chi connectivity index (χ0n) is 10.1. The van der Waals surface area contributed by atoms with Crippen molar-refractivity contribution in [3.05, 3.63) is 23.4 Å². The van der Waals surface area contributed by atoms with E-state index in [2.05, 4.69) is 17.2 Å². The molecule has 0 saturated heterocycles. The predicted octanol–water partition coefficient (Wildman–Crippen LogP) is 3.09. The van der Waals surface area contributed by atoms with E-state index in [0.29, 0.717) is 17.6 Å².